The number of ether oxygens (including phenoxy) is 1. The molecule has 1 saturated heterocycles. The van der Waals surface area contributed by atoms with Crippen molar-refractivity contribution >= 4 is 17.2 Å². The topological polar surface area (TPSA) is 65.9 Å². The molecule has 1 aliphatic rings. The van der Waals surface area contributed by atoms with E-state index < -0.39 is 0 Å². The molecule has 6 nitrogen and oxygen atoms in total. The number of aliphatic hydroxyl groups excluding tert-OH is 1. The smallest absolute Gasteiger partial charge is 0.257 e. The molecular formula is C17H21N3O3S. The highest BCUT2D eigenvalue weighted by molar-refractivity contribution is 7.07. The number of benzene rings is 1. The fourth-order valence-corrected chi connectivity index (χ4v) is 3.26. The van der Waals surface area contributed by atoms with E-state index in [0.29, 0.717) is 37.6 Å². The minimum atomic E-state index is -0.00692. The van der Waals surface area contributed by atoms with Gasteiger partial charge in [-0.05, 0) is 12.1 Å². The summed E-state index contributed by atoms with van der Waals surface area (Å²) in [5, 5.41) is 10.9. The van der Waals surface area contributed by atoms with Gasteiger partial charge in [0.15, 0.2) is 0 Å². The number of aromatic nitrogens is 1. The third kappa shape index (κ3) is 4.11. The summed E-state index contributed by atoms with van der Waals surface area (Å²) in [5.74, 6) is 0.584. The number of β-amino-alcohol motifs (C(OH)–C–C–N with tert-alkyl or cyclic N) is 1. The Hall–Kier alpha value is -1.96. The second-order valence-corrected chi connectivity index (χ2v) is 6.34. The molecule has 0 atom stereocenters. The van der Waals surface area contributed by atoms with Crippen molar-refractivity contribution < 1.29 is 14.6 Å². The third-order valence-electron chi connectivity index (χ3n) is 4.05. The zero-order valence-electron chi connectivity index (χ0n) is 13.4. The highest BCUT2D eigenvalue weighted by Crippen LogP contribution is 2.22. The van der Waals surface area contributed by atoms with Crippen LogP contribution in [0.1, 0.15) is 16.1 Å². The summed E-state index contributed by atoms with van der Waals surface area (Å²) in [7, 11) is 0. The first kappa shape index (κ1) is 16.9. The maximum Gasteiger partial charge on any atom is 0.257 e. The Bertz CT molecular complexity index is 655. The van der Waals surface area contributed by atoms with Gasteiger partial charge in [-0.1, -0.05) is 12.1 Å². The van der Waals surface area contributed by atoms with Crippen LogP contribution < -0.4 is 4.74 Å². The Morgan fingerprint density at radius 2 is 2.04 bits per heavy atom. The average molecular weight is 347 g/mol. The molecule has 0 radical (unpaired) electrons. The highest BCUT2D eigenvalue weighted by Gasteiger charge is 2.24. The molecule has 7 heteroatoms. The first-order valence-corrected chi connectivity index (χ1v) is 8.93. The molecule has 3 rings (SSSR count). The summed E-state index contributed by atoms with van der Waals surface area (Å²) >= 11 is 1.52. The lowest BCUT2D eigenvalue weighted by molar-refractivity contribution is 0.0610. The molecule has 1 amide bonds. The van der Waals surface area contributed by atoms with Gasteiger partial charge in [0.2, 0.25) is 0 Å². The molecule has 0 spiro atoms. The lowest BCUT2D eigenvalue weighted by Gasteiger charge is -2.34. The molecule has 1 fully saturated rings. The zero-order chi connectivity index (χ0) is 16.8. The molecule has 0 unspecified atom stereocenters. The number of hydrogen-bond donors (Lipinski definition) is 1. The number of rotatable bonds is 6. The van der Waals surface area contributed by atoms with Crippen LogP contribution in [0.5, 0.6) is 5.75 Å². The van der Waals surface area contributed by atoms with Crippen LogP contribution in [-0.4, -0.2) is 65.1 Å². The van der Waals surface area contributed by atoms with Gasteiger partial charge >= 0.3 is 0 Å². The SMILES string of the molecule is O=C(c1ccccc1OCc1cscn1)N1CCN(CCO)CC1. The molecular weight excluding hydrogens is 326 g/mol. The van der Waals surface area contributed by atoms with Gasteiger partial charge in [0, 0.05) is 38.1 Å². The summed E-state index contributed by atoms with van der Waals surface area (Å²) in [6.07, 6.45) is 0. The number of thiazole rings is 1. The van der Waals surface area contributed by atoms with Gasteiger partial charge in [0.05, 0.1) is 23.4 Å². The van der Waals surface area contributed by atoms with E-state index in [0.717, 1.165) is 18.8 Å². The predicted octanol–water partition coefficient (Wildman–Crippen LogP) is 1.47. The van der Waals surface area contributed by atoms with Crippen molar-refractivity contribution in [1.82, 2.24) is 14.8 Å². The van der Waals surface area contributed by atoms with Gasteiger partial charge in [-0.2, -0.15) is 0 Å². The number of hydrogen-bond acceptors (Lipinski definition) is 6. The molecule has 2 heterocycles. The van der Waals surface area contributed by atoms with Crippen LogP contribution in [0.3, 0.4) is 0 Å². The highest BCUT2D eigenvalue weighted by atomic mass is 32.1. The van der Waals surface area contributed by atoms with Crippen molar-refractivity contribution in [2.75, 3.05) is 39.3 Å². The van der Waals surface area contributed by atoms with Crippen LogP contribution in [0.4, 0.5) is 0 Å². The monoisotopic (exact) mass is 347 g/mol. The summed E-state index contributed by atoms with van der Waals surface area (Å²) in [4.78, 5) is 21.0. The van der Waals surface area contributed by atoms with E-state index in [9.17, 15) is 4.79 Å². The van der Waals surface area contributed by atoms with Crippen molar-refractivity contribution in [3.63, 3.8) is 0 Å². The van der Waals surface area contributed by atoms with Crippen molar-refractivity contribution in [1.29, 1.82) is 0 Å². The predicted molar refractivity (Wildman–Crippen MR) is 92.3 cm³/mol. The van der Waals surface area contributed by atoms with Gasteiger partial charge in [-0.15, -0.1) is 11.3 Å². The van der Waals surface area contributed by atoms with Gasteiger partial charge in [-0.3, -0.25) is 9.69 Å². The van der Waals surface area contributed by atoms with Crippen molar-refractivity contribution in [3.8, 4) is 5.75 Å². The van der Waals surface area contributed by atoms with Crippen LogP contribution in [0.25, 0.3) is 0 Å². The van der Waals surface area contributed by atoms with Crippen LogP contribution >= 0.6 is 11.3 Å². The maximum atomic E-state index is 12.8. The quantitative estimate of drug-likeness (QED) is 0.857. The zero-order valence-corrected chi connectivity index (χ0v) is 14.2. The lowest BCUT2D eigenvalue weighted by atomic mass is 10.1. The second-order valence-electron chi connectivity index (χ2n) is 5.62. The number of carbonyl (C=O) groups excluding carboxylic acids is 1. The van der Waals surface area contributed by atoms with Gasteiger partial charge in [0.1, 0.15) is 12.4 Å². The van der Waals surface area contributed by atoms with Crippen LogP contribution in [0, 0.1) is 0 Å². The minimum Gasteiger partial charge on any atom is -0.486 e. The summed E-state index contributed by atoms with van der Waals surface area (Å²) in [5.41, 5.74) is 3.21. The van der Waals surface area contributed by atoms with E-state index in [2.05, 4.69) is 9.88 Å². The number of amides is 1. The molecule has 0 aliphatic carbocycles. The number of para-hydroxylation sites is 1. The molecule has 0 bridgehead atoms. The first-order chi connectivity index (χ1) is 11.8. The second kappa shape index (κ2) is 8.23. The van der Waals surface area contributed by atoms with Crippen molar-refractivity contribution in [3.05, 3.63) is 46.4 Å². The van der Waals surface area contributed by atoms with Crippen molar-refractivity contribution in [2.24, 2.45) is 0 Å². The van der Waals surface area contributed by atoms with Crippen molar-refractivity contribution in [2.45, 2.75) is 6.61 Å². The molecule has 0 saturated carbocycles. The summed E-state index contributed by atoms with van der Waals surface area (Å²) in [6, 6.07) is 7.34. The molecule has 1 aromatic carbocycles. The fourth-order valence-electron chi connectivity index (χ4n) is 2.72. The molecule has 1 aliphatic heterocycles. The van der Waals surface area contributed by atoms with Gasteiger partial charge in [0.25, 0.3) is 5.91 Å². The Labute approximate surface area is 145 Å². The Morgan fingerprint density at radius 1 is 1.25 bits per heavy atom. The largest absolute Gasteiger partial charge is 0.486 e. The standard InChI is InChI=1S/C17H21N3O3S/c21-10-9-19-5-7-20(8-6-19)17(22)15-3-1-2-4-16(15)23-11-14-12-24-13-18-14/h1-4,12-13,21H,5-11H2. The Morgan fingerprint density at radius 3 is 2.75 bits per heavy atom. The Balaban J connectivity index is 1.64. The average Bonchev–Trinajstić information content (AvgIpc) is 3.14. The van der Waals surface area contributed by atoms with E-state index in [1.165, 1.54) is 11.3 Å². The molecule has 2 aromatic rings. The van der Waals surface area contributed by atoms with E-state index >= 15 is 0 Å². The minimum absolute atomic E-state index is 0.00692. The van der Waals surface area contributed by atoms with E-state index in [1.807, 2.05) is 28.5 Å². The number of aliphatic hydroxyl groups is 1. The van der Waals surface area contributed by atoms with Gasteiger partial charge < -0.3 is 14.7 Å². The van der Waals surface area contributed by atoms with E-state index in [-0.39, 0.29) is 12.5 Å². The fraction of sp³-hybridized carbons (Fsp3) is 0.412. The Kier molecular flexibility index (Phi) is 5.79. The third-order valence-corrected chi connectivity index (χ3v) is 4.69. The summed E-state index contributed by atoms with van der Waals surface area (Å²) < 4.78 is 5.81. The molecule has 1 N–H and O–H groups in total. The molecule has 128 valence electrons. The van der Waals surface area contributed by atoms with Gasteiger partial charge in [-0.25, -0.2) is 4.98 Å². The van der Waals surface area contributed by atoms with Crippen LogP contribution in [-0.2, 0) is 6.61 Å². The van der Waals surface area contributed by atoms with Crippen LogP contribution in [0.2, 0.25) is 0 Å². The normalized spacial score (nSPS) is 15.5. The summed E-state index contributed by atoms with van der Waals surface area (Å²) in [6.45, 7) is 4.08. The first-order valence-electron chi connectivity index (χ1n) is 7.99. The maximum absolute atomic E-state index is 12.8. The number of carbonyl (C=O) groups is 1. The van der Waals surface area contributed by atoms with Crippen LogP contribution in [0.15, 0.2) is 35.2 Å². The molecule has 1 aromatic heterocycles. The molecule has 24 heavy (non-hydrogen) atoms. The van der Waals surface area contributed by atoms with E-state index in [4.69, 9.17) is 9.84 Å². The number of piperazine rings is 1. The number of nitrogens with zero attached hydrogens (tertiary/aromatic N) is 3. The lowest BCUT2D eigenvalue weighted by Crippen LogP contribution is -2.49. The van der Waals surface area contributed by atoms with E-state index in [1.54, 1.807) is 11.6 Å².